The van der Waals surface area contributed by atoms with Crippen LogP contribution >= 0.6 is 0 Å². The van der Waals surface area contributed by atoms with Gasteiger partial charge in [0.25, 0.3) is 0 Å². The predicted molar refractivity (Wildman–Crippen MR) is 102 cm³/mol. The third-order valence-electron chi connectivity index (χ3n) is 3.17. The van der Waals surface area contributed by atoms with Crippen LogP contribution in [0.3, 0.4) is 0 Å². The van der Waals surface area contributed by atoms with Crippen LogP contribution in [0.15, 0.2) is 0 Å². The second-order valence-corrected chi connectivity index (χ2v) is 6.06. The molecule has 21 heteroatoms. The van der Waals surface area contributed by atoms with Crippen molar-refractivity contribution in [2.75, 3.05) is 26.4 Å². The molecule has 0 fully saturated rings. The summed E-state index contributed by atoms with van der Waals surface area (Å²) < 4.78 is 0. The predicted octanol–water partition coefficient (Wildman–Crippen LogP) is -14.6. The summed E-state index contributed by atoms with van der Waals surface area (Å²) in [5.74, 6) is -7.18. The van der Waals surface area contributed by atoms with E-state index in [0.29, 0.717) is 0 Å². The Morgan fingerprint density at radius 1 is 0.405 bits per heavy atom. The van der Waals surface area contributed by atoms with E-state index in [4.69, 9.17) is 61.3 Å². The molecule has 8 unspecified atom stereocenters. The summed E-state index contributed by atoms with van der Waals surface area (Å²) >= 11 is 0. The molecule has 0 saturated carbocycles. The summed E-state index contributed by atoms with van der Waals surface area (Å²) in [5, 5.41) is 138. The molecular formula is C16H28CaO20-2. The van der Waals surface area contributed by atoms with Crippen LogP contribution in [0.1, 0.15) is 0 Å². The first kappa shape index (κ1) is 45.6. The van der Waals surface area contributed by atoms with E-state index >= 15 is 0 Å². The molecule has 0 amide bonds. The quantitative estimate of drug-likeness (QED) is 0.0952. The number of carboxylic acid groups (broad SMARTS) is 4. The van der Waals surface area contributed by atoms with Gasteiger partial charge in [0, 0.05) is 0 Å². The van der Waals surface area contributed by atoms with Gasteiger partial charge in [0.15, 0.2) is 0 Å². The van der Waals surface area contributed by atoms with Crippen molar-refractivity contribution in [2.24, 2.45) is 0 Å². The number of carbonyl (C=O) groups is 4. The first-order chi connectivity index (χ1) is 16.4. The smallest absolute Gasteiger partial charge is 0.547 e. The van der Waals surface area contributed by atoms with Crippen molar-refractivity contribution in [2.45, 2.75) is 48.8 Å². The third kappa shape index (κ3) is 24.7. The third-order valence-corrected chi connectivity index (χ3v) is 3.17. The van der Waals surface area contributed by atoms with Gasteiger partial charge in [0.1, 0.15) is 48.8 Å². The molecule has 0 aliphatic heterocycles. The van der Waals surface area contributed by atoms with Crippen molar-refractivity contribution in [1.29, 1.82) is 0 Å². The first-order valence-electron chi connectivity index (χ1n) is 9.08. The van der Waals surface area contributed by atoms with E-state index in [-0.39, 0.29) is 37.7 Å². The molecule has 216 valence electrons. The van der Waals surface area contributed by atoms with Gasteiger partial charge in [0.05, 0.1) is 50.3 Å². The fourth-order valence-electron chi connectivity index (χ4n) is 1.03. The van der Waals surface area contributed by atoms with Crippen LogP contribution in [0.25, 0.3) is 0 Å². The molecule has 0 rings (SSSR count). The fourth-order valence-corrected chi connectivity index (χ4v) is 1.03. The number of carbonyl (C=O) groups excluding carboxylic acids is 4. The summed E-state index contributed by atoms with van der Waals surface area (Å²) in [6, 6.07) is 0. The van der Waals surface area contributed by atoms with Crippen molar-refractivity contribution in [1.82, 2.24) is 0 Å². The maximum atomic E-state index is 9.67. The minimum absolute atomic E-state index is 0. The molecule has 0 saturated heterocycles. The largest absolute Gasteiger partial charge is 2.00 e. The molecule has 37 heavy (non-hydrogen) atoms. The van der Waals surface area contributed by atoms with Gasteiger partial charge in [-0.25, -0.2) is 0 Å². The maximum Gasteiger partial charge on any atom is 2.00 e. The Morgan fingerprint density at radius 3 is 0.541 bits per heavy atom. The molecule has 0 bridgehead atoms. The van der Waals surface area contributed by atoms with Crippen LogP contribution in [0.5, 0.6) is 0 Å². The van der Waals surface area contributed by atoms with Gasteiger partial charge in [-0.05, 0) is 0 Å². The van der Waals surface area contributed by atoms with E-state index in [1.54, 1.807) is 0 Å². The van der Waals surface area contributed by atoms with Crippen LogP contribution in [0, 0.1) is 0 Å². The Hall–Kier alpha value is -1.34. The fraction of sp³-hybridized carbons (Fsp3) is 0.750. The summed E-state index contributed by atoms with van der Waals surface area (Å²) in [6.07, 6.45) is -14.6. The first-order valence-corrected chi connectivity index (χ1v) is 9.08. The number of aliphatic carboxylic acids is 4. The zero-order valence-corrected chi connectivity index (χ0v) is 21.0. The SMILES string of the molecule is O=C([O-])C(O)C(O)CO.O=C([O-])C(O)C(O)CO.O=C([O-])C(O)C(O)CO.O=C([O-])C(O)C(O)CO.[Ca+2]. The number of aliphatic hydroxyl groups is 12. The van der Waals surface area contributed by atoms with E-state index in [1.165, 1.54) is 0 Å². The van der Waals surface area contributed by atoms with Crippen LogP contribution in [0.2, 0.25) is 0 Å². The average Bonchev–Trinajstić information content (AvgIpc) is 2.85. The number of hydrogen-bond acceptors (Lipinski definition) is 20. The molecule has 0 aliphatic rings. The maximum absolute atomic E-state index is 9.67. The molecule has 0 radical (unpaired) electrons. The topological polar surface area (TPSA) is 403 Å². The number of aliphatic hydroxyl groups excluding tert-OH is 12. The van der Waals surface area contributed by atoms with Gasteiger partial charge in [-0.1, -0.05) is 0 Å². The number of hydrogen-bond donors (Lipinski definition) is 12. The van der Waals surface area contributed by atoms with Gasteiger partial charge in [-0.15, -0.1) is 0 Å². The van der Waals surface area contributed by atoms with Gasteiger partial charge in [-0.3, -0.25) is 0 Å². The van der Waals surface area contributed by atoms with Crippen molar-refractivity contribution in [3.63, 3.8) is 0 Å². The Labute approximate surface area is 237 Å². The summed E-state index contributed by atoms with van der Waals surface area (Å²) in [5.41, 5.74) is 0. The summed E-state index contributed by atoms with van der Waals surface area (Å²) in [4.78, 5) is 38.7. The Bertz CT molecular complexity index is 515. The standard InChI is InChI=1S/4C4H8O5.Ca/c4*5-1-2(6)3(7)4(8)9;/h4*2-3,5-7H,1H2,(H,8,9);/q;;;;+2/p-4. The van der Waals surface area contributed by atoms with E-state index < -0.39 is 99.1 Å². The van der Waals surface area contributed by atoms with Gasteiger partial charge < -0.3 is 101 Å². The van der Waals surface area contributed by atoms with Crippen LogP contribution in [0.4, 0.5) is 0 Å². The average molecular weight is 580 g/mol. The van der Waals surface area contributed by atoms with Crippen molar-refractivity contribution in [3.8, 4) is 0 Å². The van der Waals surface area contributed by atoms with Crippen molar-refractivity contribution in [3.05, 3.63) is 0 Å². The second kappa shape index (κ2) is 26.3. The van der Waals surface area contributed by atoms with Crippen LogP contribution in [-0.4, -0.2) is 198 Å². The van der Waals surface area contributed by atoms with E-state index in [1.807, 2.05) is 0 Å². The summed E-state index contributed by atoms with van der Waals surface area (Å²) in [6.45, 7) is -3.19. The molecule has 0 aromatic rings. The zero-order valence-electron chi connectivity index (χ0n) is 18.8. The number of rotatable bonds is 12. The normalized spacial score (nSPS) is 16.3. The van der Waals surface area contributed by atoms with Crippen LogP contribution < -0.4 is 20.4 Å². The van der Waals surface area contributed by atoms with E-state index in [9.17, 15) is 39.6 Å². The monoisotopic (exact) mass is 580 g/mol. The van der Waals surface area contributed by atoms with E-state index in [2.05, 4.69) is 0 Å². The van der Waals surface area contributed by atoms with Crippen molar-refractivity contribution < 1.29 is 101 Å². The molecule has 0 spiro atoms. The zero-order chi connectivity index (χ0) is 29.8. The van der Waals surface area contributed by atoms with Gasteiger partial charge >= 0.3 is 37.7 Å². The van der Waals surface area contributed by atoms with Gasteiger partial charge in [-0.2, -0.15) is 0 Å². The Balaban J connectivity index is -0.000000122. The minimum Gasteiger partial charge on any atom is -0.547 e. The molecule has 12 N–H and O–H groups in total. The molecule has 0 aromatic heterocycles. The minimum atomic E-state index is -2.00. The van der Waals surface area contributed by atoms with Crippen LogP contribution in [-0.2, 0) is 19.2 Å². The molecule has 0 aromatic carbocycles. The summed E-state index contributed by atoms with van der Waals surface area (Å²) in [7, 11) is 0. The Morgan fingerprint density at radius 2 is 0.514 bits per heavy atom. The Kier molecular flexibility index (Phi) is 32.4. The molecule has 20 nitrogen and oxygen atoms in total. The molecule has 0 heterocycles. The number of carboxylic acids is 4. The second-order valence-electron chi connectivity index (χ2n) is 6.06. The molecular weight excluding hydrogens is 552 g/mol. The molecule has 0 aliphatic carbocycles. The van der Waals surface area contributed by atoms with Crippen molar-refractivity contribution >= 4 is 61.6 Å². The van der Waals surface area contributed by atoms with Gasteiger partial charge in [0.2, 0.25) is 0 Å². The molecule has 8 atom stereocenters. The van der Waals surface area contributed by atoms with E-state index in [0.717, 1.165) is 0 Å².